The summed E-state index contributed by atoms with van der Waals surface area (Å²) in [7, 11) is 2.16. The Bertz CT molecular complexity index is 55.0. The van der Waals surface area contributed by atoms with Crippen LogP contribution in [0.1, 0.15) is 13.3 Å². The molecule has 3 heteroatoms. The molecule has 0 fully saturated rings. The maximum Gasteiger partial charge on any atom is 0.321 e. The normalized spacial score (nSPS) is 10.7. The van der Waals surface area contributed by atoms with Crippen molar-refractivity contribution in [1.82, 2.24) is 0 Å². The van der Waals surface area contributed by atoms with Crippen molar-refractivity contribution >= 4 is 9.28 Å². The van der Waals surface area contributed by atoms with Crippen LogP contribution in [0.3, 0.4) is 0 Å². The first-order valence-corrected chi connectivity index (χ1v) is 4.98. The lowest BCUT2D eigenvalue weighted by molar-refractivity contribution is 0.279. The minimum absolute atomic E-state index is 1.02. The van der Waals surface area contributed by atoms with Gasteiger partial charge in [-0.2, -0.15) is 0 Å². The van der Waals surface area contributed by atoms with Gasteiger partial charge in [-0.25, -0.2) is 0 Å². The lowest BCUT2D eigenvalue weighted by atomic mass is 10.4. The summed E-state index contributed by atoms with van der Waals surface area (Å²) < 4.78 is 10.2. The van der Waals surface area contributed by atoms with Crippen LogP contribution in [0, 0.1) is 6.42 Å². The van der Waals surface area contributed by atoms with Crippen molar-refractivity contribution in [3.8, 4) is 0 Å². The van der Waals surface area contributed by atoms with E-state index in [0.29, 0.717) is 0 Å². The van der Waals surface area contributed by atoms with E-state index >= 15 is 0 Å². The Morgan fingerprint density at radius 3 is 2.22 bits per heavy atom. The average Bonchev–Trinajstić information content (AvgIpc) is 1.91. The molecule has 0 aromatic carbocycles. The zero-order valence-corrected chi connectivity index (χ0v) is 7.54. The van der Waals surface area contributed by atoms with Crippen LogP contribution < -0.4 is 0 Å². The second-order valence-electron chi connectivity index (χ2n) is 1.83. The molecule has 0 spiro atoms. The number of hydrogen-bond donors (Lipinski definition) is 0. The second kappa shape index (κ2) is 6.26. The van der Waals surface area contributed by atoms with Crippen LogP contribution in [-0.2, 0) is 8.85 Å². The Hall–Kier alpha value is 0.137. The van der Waals surface area contributed by atoms with Gasteiger partial charge in [-0.1, -0.05) is 13.3 Å². The third kappa shape index (κ3) is 4.63. The lowest BCUT2D eigenvalue weighted by Gasteiger charge is -2.08. The van der Waals surface area contributed by atoms with Crippen molar-refractivity contribution in [2.45, 2.75) is 19.4 Å². The Morgan fingerprint density at radius 2 is 1.89 bits per heavy atom. The van der Waals surface area contributed by atoms with Crippen LogP contribution in [-0.4, -0.2) is 23.5 Å². The van der Waals surface area contributed by atoms with Gasteiger partial charge >= 0.3 is 9.28 Å². The van der Waals surface area contributed by atoms with E-state index in [2.05, 4.69) is 13.3 Å². The van der Waals surface area contributed by atoms with Gasteiger partial charge in [-0.3, -0.25) is 0 Å². The monoisotopic (exact) mass is 147 g/mol. The van der Waals surface area contributed by atoms with Crippen molar-refractivity contribution in [3.05, 3.63) is 6.42 Å². The van der Waals surface area contributed by atoms with Gasteiger partial charge in [-0.15, -0.1) is 0 Å². The Labute approximate surface area is 59.0 Å². The van der Waals surface area contributed by atoms with Gasteiger partial charge in [0.25, 0.3) is 0 Å². The standard InChI is InChI=1S/C6H15O2Si/c1-4-5-6-9(7-2)8-3/h5,9H,4,6H2,1-3H3. The Balaban J connectivity index is 3.09. The topological polar surface area (TPSA) is 18.5 Å². The highest BCUT2D eigenvalue weighted by Gasteiger charge is 2.06. The van der Waals surface area contributed by atoms with Crippen LogP contribution in [0.25, 0.3) is 0 Å². The van der Waals surface area contributed by atoms with Crippen molar-refractivity contribution < 1.29 is 8.85 Å². The molecule has 0 saturated carbocycles. The van der Waals surface area contributed by atoms with Crippen LogP contribution in [0.4, 0.5) is 0 Å². The molecular formula is C6H15O2Si. The minimum Gasteiger partial charge on any atom is -0.400 e. The van der Waals surface area contributed by atoms with Gasteiger partial charge in [0.05, 0.1) is 0 Å². The zero-order chi connectivity index (χ0) is 7.11. The van der Waals surface area contributed by atoms with Crippen molar-refractivity contribution in [1.29, 1.82) is 0 Å². The molecule has 0 aliphatic rings. The fraction of sp³-hybridized carbons (Fsp3) is 0.833. The molecule has 0 unspecified atom stereocenters. The molecule has 1 radical (unpaired) electrons. The zero-order valence-electron chi connectivity index (χ0n) is 6.39. The average molecular weight is 147 g/mol. The van der Waals surface area contributed by atoms with E-state index in [1.807, 2.05) is 0 Å². The van der Waals surface area contributed by atoms with E-state index in [1.165, 1.54) is 0 Å². The van der Waals surface area contributed by atoms with Crippen molar-refractivity contribution in [2.75, 3.05) is 14.2 Å². The largest absolute Gasteiger partial charge is 0.400 e. The van der Waals surface area contributed by atoms with E-state index < -0.39 is 9.28 Å². The van der Waals surface area contributed by atoms with Crippen LogP contribution >= 0.6 is 0 Å². The summed E-state index contributed by atoms with van der Waals surface area (Å²) in [6.07, 6.45) is 3.31. The molecule has 9 heavy (non-hydrogen) atoms. The van der Waals surface area contributed by atoms with Gasteiger partial charge in [0, 0.05) is 14.2 Å². The molecule has 55 valence electrons. The molecule has 0 saturated heterocycles. The van der Waals surface area contributed by atoms with Crippen molar-refractivity contribution in [2.24, 2.45) is 0 Å². The van der Waals surface area contributed by atoms with Crippen LogP contribution in [0.15, 0.2) is 0 Å². The highest BCUT2D eigenvalue weighted by molar-refractivity contribution is 6.44. The summed E-state index contributed by atoms with van der Waals surface area (Å²) in [5, 5.41) is 0. The van der Waals surface area contributed by atoms with Gasteiger partial charge in [0.1, 0.15) is 0 Å². The fourth-order valence-corrected chi connectivity index (χ4v) is 1.77. The molecule has 0 heterocycles. The first-order chi connectivity index (χ1) is 4.35. The summed E-state index contributed by atoms with van der Waals surface area (Å²) in [6, 6.07) is 1.02. The summed E-state index contributed by atoms with van der Waals surface area (Å²) in [4.78, 5) is 0. The Kier molecular flexibility index (Phi) is 6.35. The maximum atomic E-state index is 5.09. The number of unbranched alkanes of at least 4 members (excludes halogenated alkanes) is 1. The predicted octanol–water partition coefficient (Wildman–Crippen LogP) is 1.11. The second-order valence-corrected chi connectivity index (χ2v) is 4.11. The molecule has 2 nitrogen and oxygen atoms in total. The van der Waals surface area contributed by atoms with Gasteiger partial charge < -0.3 is 8.85 Å². The van der Waals surface area contributed by atoms with Gasteiger partial charge in [0.2, 0.25) is 0 Å². The van der Waals surface area contributed by atoms with E-state index in [0.717, 1.165) is 12.5 Å². The first kappa shape index (κ1) is 9.14. The minimum atomic E-state index is -1.27. The third-order valence-corrected chi connectivity index (χ3v) is 2.94. The molecule has 0 atom stereocenters. The molecule has 0 aliphatic carbocycles. The third-order valence-electron chi connectivity index (χ3n) is 1.17. The smallest absolute Gasteiger partial charge is 0.321 e. The molecule has 0 N–H and O–H groups in total. The molecule has 0 bridgehead atoms. The van der Waals surface area contributed by atoms with Gasteiger partial charge in [0.15, 0.2) is 0 Å². The molecule has 0 amide bonds. The molecule has 0 aromatic heterocycles. The Morgan fingerprint density at radius 1 is 1.33 bits per heavy atom. The SMILES string of the molecule is CC[CH]C[SiH](OC)OC. The highest BCUT2D eigenvalue weighted by atomic mass is 28.3. The van der Waals surface area contributed by atoms with E-state index in [-0.39, 0.29) is 0 Å². The van der Waals surface area contributed by atoms with E-state index in [4.69, 9.17) is 8.85 Å². The number of rotatable bonds is 5. The predicted molar refractivity (Wildman–Crippen MR) is 40.6 cm³/mol. The van der Waals surface area contributed by atoms with Crippen LogP contribution in [0.5, 0.6) is 0 Å². The van der Waals surface area contributed by atoms with Crippen molar-refractivity contribution in [3.63, 3.8) is 0 Å². The summed E-state index contributed by atoms with van der Waals surface area (Å²) in [5.74, 6) is 0. The quantitative estimate of drug-likeness (QED) is 0.542. The molecule has 0 aromatic rings. The fourth-order valence-electron chi connectivity index (χ4n) is 0.591. The van der Waals surface area contributed by atoms with E-state index in [1.54, 1.807) is 14.2 Å². The highest BCUT2D eigenvalue weighted by Crippen LogP contribution is 1.99. The number of hydrogen-bond acceptors (Lipinski definition) is 2. The molecular weight excluding hydrogens is 132 g/mol. The summed E-state index contributed by atoms with van der Waals surface area (Å²) in [5.41, 5.74) is 0. The summed E-state index contributed by atoms with van der Waals surface area (Å²) in [6.45, 7) is 2.12. The van der Waals surface area contributed by atoms with Gasteiger partial charge in [-0.05, 0) is 12.5 Å². The lowest BCUT2D eigenvalue weighted by Crippen LogP contribution is -2.18. The first-order valence-electron chi connectivity index (χ1n) is 3.22. The van der Waals surface area contributed by atoms with Crippen LogP contribution in [0.2, 0.25) is 6.04 Å². The molecule has 0 rings (SSSR count). The molecule has 0 aliphatic heterocycles. The van der Waals surface area contributed by atoms with E-state index in [9.17, 15) is 0 Å². The maximum absolute atomic E-state index is 5.09. The summed E-state index contributed by atoms with van der Waals surface area (Å²) >= 11 is 0.